The molecule has 9 heteroatoms. The summed E-state index contributed by atoms with van der Waals surface area (Å²) in [6.45, 7) is 0. The average molecular weight is 211 g/mol. The van der Waals surface area contributed by atoms with Gasteiger partial charge in [-0.1, -0.05) is 5.12 Å². The molecule has 0 saturated carbocycles. The van der Waals surface area contributed by atoms with Crippen molar-refractivity contribution in [2.24, 2.45) is 16.5 Å². The Morgan fingerprint density at radius 1 is 1.54 bits per heavy atom. The lowest BCUT2D eigenvalue weighted by Crippen LogP contribution is -2.60. The van der Waals surface area contributed by atoms with Crippen LogP contribution in [0.2, 0.25) is 0 Å². The predicted octanol–water partition coefficient (Wildman–Crippen LogP) is -2.04. The van der Waals surface area contributed by atoms with E-state index in [1.807, 2.05) is 0 Å². The lowest BCUT2D eigenvalue weighted by molar-refractivity contribution is -0.0900. The van der Waals surface area contributed by atoms with E-state index in [9.17, 15) is 12.9 Å². The summed E-state index contributed by atoms with van der Waals surface area (Å²) >= 11 is 0. The molecule has 1 heterocycles. The van der Waals surface area contributed by atoms with E-state index in [2.05, 4.69) is 4.99 Å². The first-order valence-corrected chi connectivity index (χ1v) is 5.16. The predicted molar refractivity (Wildman–Crippen MR) is 44.1 cm³/mol. The first-order valence-electron chi connectivity index (χ1n) is 3.31. The SMILES string of the molecule is CS(=O)(=O)N1C=NC(N)N(F)C1N. The molecule has 1 aliphatic rings. The van der Waals surface area contributed by atoms with Crippen LogP contribution in [0.15, 0.2) is 4.99 Å². The van der Waals surface area contributed by atoms with Crippen LogP contribution in [0.4, 0.5) is 4.48 Å². The number of nitrogens with zero attached hydrogens (tertiary/aromatic N) is 3. The molecule has 0 spiro atoms. The number of hydrogen-bond donors (Lipinski definition) is 2. The Hall–Kier alpha value is -0.770. The molecule has 0 fully saturated rings. The molecule has 0 aliphatic carbocycles. The van der Waals surface area contributed by atoms with Gasteiger partial charge in [-0.05, 0) is 0 Å². The Kier molecular flexibility index (Phi) is 2.52. The largest absolute Gasteiger partial charge is 0.296 e. The normalized spacial score (nSPS) is 30.9. The summed E-state index contributed by atoms with van der Waals surface area (Å²) in [5.74, 6) is 0. The molecule has 0 aromatic carbocycles. The van der Waals surface area contributed by atoms with Gasteiger partial charge in [0.2, 0.25) is 10.0 Å². The van der Waals surface area contributed by atoms with Gasteiger partial charge in [0, 0.05) is 0 Å². The number of sulfonamides is 1. The van der Waals surface area contributed by atoms with Gasteiger partial charge in [-0.15, -0.1) is 4.48 Å². The third-order valence-electron chi connectivity index (χ3n) is 1.48. The molecule has 0 bridgehead atoms. The Bertz CT molecular complexity index is 316. The van der Waals surface area contributed by atoms with Crippen LogP contribution >= 0.6 is 0 Å². The van der Waals surface area contributed by atoms with E-state index in [1.54, 1.807) is 0 Å². The maximum absolute atomic E-state index is 12.9. The number of nitrogens with two attached hydrogens (primary N) is 2. The maximum atomic E-state index is 12.9. The first-order chi connectivity index (χ1) is 5.84. The molecule has 4 N–H and O–H groups in total. The Balaban J connectivity index is 2.98. The van der Waals surface area contributed by atoms with Gasteiger partial charge in [0.1, 0.15) is 6.34 Å². The molecule has 76 valence electrons. The third kappa shape index (κ3) is 1.94. The smallest absolute Gasteiger partial charge is 0.235 e. The molecule has 0 aromatic heterocycles. The molecular weight excluding hydrogens is 201 g/mol. The average Bonchev–Trinajstić information content (AvgIpc) is 1.98. The zero-order valence-electron chi connectivity index (χ0n) is 6.83. The van der Waals surface area contributed by atoms with Gasteiger partial charge in [-0.3, -0.25) is 11.5 Å². The summed E-state index contributed by atoms with van der Waals surface area (Å²) < 4.78 is 35.4. The molecule has 0 saturated heterocycles. The number of aliphatic imine (C=N–C) groups is 1. The zero-order chi connectivity index (χ0) is 10.2. The molecule has 7 nitrogen and oxygen atoms in total. The van der Waals surface area contributed by atoms with E-state index in [1.165, 1.54) is 0 Å². The zero-order valence-corrected chi connectivity index (χ0v) is 7.65. The highest BCUT2D eigenvalue weighted by Gasteiger charge is 2.33. The van der Waals surface area contributed by atoms with E-state index in [0.29, 0.717) is 4.31 Å². The minimum absolute atomic E-state index is 0.0545. The van der Waals surface area contributed by atoms with E-state index >= 15 is 0 Å². The van der Waals surface area contributed by atoms with Crippen molar-refractivity contribution in [3.05, 3.63) is 0 Å². The molecule has 1 aliphatic heterocycles. The molecule has 0 aromatic rings. The summed E-state index contributed by atoms with van der Waals surface area (Å²) in [6.07, 6.45) is -0.917. The minimum Gasteiger partial charge on any atom is -0.296 e. The minimum atomic E-state index is -3.61. The van der Waals surface area contributed by atoms with Crippen molar-refractivity contribution in [1.82, 2.24) is 9.43 Å². The van der Waals surface area contributed by atoms with Crippen LogP contribution in [0.25, 0.3) is 0 Å². The first kappa shape index (κ1) is 10.3. The van der Waals surface area contributed by atoms with Gasteiger partial charge in [0.15, 0.2) is 12.6 Å². The number of rotatable bonds is 1. The van der Waals surface area contributed by atoms with Gasteiger partial charge in [0.05, 0.1) is 6.26 Å². The van der Waals surface area contributed by atoms with E-state index in [-0.39, 0.29) is 5.12 Å². The maximum Gasteiger partial charge on any atom is 0.235 e. The summed E-state index contributed by atoms with van der Waals surface area (Å²) in [5.41, 5.74) is 10.4. The van der Waals surface area contributed by atoms with Gasteiger partial charge in [-0.2, -0.15) is 0 Å². The van der Waals surface area contributed by atoms with E-state index < -0.39 is 22.6 Å². The van der Waals surface area contributed by atoms with Crippen molar-refractivity contribution in [1.29, 1.82) is 0 Å². The molecule has 2 unspecified atom stereocenters. The quantitative estimate of drug-likeness (QED) is 0.486. The topological polar surface area (TPSA) is 105 Å². The highest BCUT2D eigenvalue weighted by molar-refractivity contribution is 7.88. The molecular formula is C4H10FN5O2S. The fraction of sp³-hybridized carbons (Fsp3) is 0.750. The summed E-state index contributed by atoms with van der Waals surface area (Å²) in [7, 11) is -3.61. The molecule has 0 amide bonds. The van der Waals surface area contributed by atoms with Crippen LogP contribution in [0.1, 0.15) is 0 Å². The summed E-state index contributed by atoms with van der Waals surface area (Å²) in [4.78, 5) is 3.38. The van der Waals surface area contributed by atoms with Crippen molar-refractivity contribution in [3.63, 3.8) is 0 Å². The van der Waals surface area contributed by atoms with Gasteiger partial charge in [-0.25, -0.2) is 17.7 Å². The van der Waals surface area contributed by atoms with Crippen LogP contribution in [0.5, 0.6) is 0 Å². The van der Waals surface area contributed by atoms with Crippen LogP contribution in [-0.2, 0) is 10.0 Å². The monoisotopic (exact) mass is 211 g/mol. The van der Waals surface area contributed by atoms with Crippen LogP contribution in [-0.4, -0.2) is 43.0 Å². The van der Waals surface area contributed by atoms with Gasteiger partial charge >= 0.3 is 0 Å². The molecule has 13 heavy (non-hydrogen) atoms. The van der Waals surface area contributed by atoms with Crippen molar-refractivity contribution in [3.8, 4) is 0 Å². The van der Waals surface area contributed by atoms with Gasteiger partial charge < -0.3 is 0 Å². The van der Waals surface area contributed by atoms with Gasteiger partial charge in [0.25, 0.3) is 0 Å². The summed E-state index contributed by atoms with van der Waals surface area (Å²) in [6, 6.07) is 0. The third-order valence-corrected chi connectivity index (χ3v) is 2.56. The van der Waals surface area contributed by atoms with Crippen molar-refractivity contribution < 1.29 is 12.9 Å². The Morgan fingerprint density at radius 3 is 2.54 bits per heavy atom. The standard InChI is InChI=1S/C4H10FN5O2S/c1-13(11,12)9-2-8-3(6)10(5)4(9)7/h2-4H,6-7H2,1H3. The second kappa shape index (κ2) is 3.18. The second-order valence-electron chi connectivity index (χ2n) is 2.53. The van der Waals surface area contributed by atoms with Crippen molar-refractivity contribution >= 4 is 16.4 Å². The van der Waals surface area contributed by atoms with Crippen molar-refractivity contribution in [2.45, 2.75) is 12.6 Å². The fourth-order valence-corrected chi connectivity index (χ4v) is 1.52. The highest BCUT2D eigenvalue weighted by Crippen LogP contribution is 2.11. The molecule has 1 rings (SSSR count). The van der Waals surface area contributed by atoms with Crippen LogP contribution in [0, 0.1) is 0 Å². The Morgan fingerprint density at radius 2 is 2.08 bits per heavy atom. The Labute approximate surface area is 74.8 Å². The van der Waals surface area contributed by atoms with Crippen LogP contribution in [0.3, 0.4) is 0 Å². The second-order valence-corrected chi connectivity index (χ2v) is 4.42. The van der Waals surface area contributed by atoms with Crippen molar-refractivity contribution in [2.75, 3.05) is 6.26 Å². The molecule has 0 radical (unpaired) electrons. The number of halogens is 1. The van der Waals surface area contributed by atoms with Crippen LogP contribution < -0.4 is 11.5 Å². The van der Waals surface area contributed by atoms with E-state index in [4.69, 9.17) is 11.5 Å². The lowest BCUT2D eigenvalue weighted by atomic mass is 10.7. The van der Waals surface area contributed by atoms with E-state index in [0.717, 1.165) is 12.6 Å². The fourth-order valence-electron chi connectivity index (χ4n) is 0.813. The lowest BCUT2D eigenvalue weighted by Gasteiger charge is -2.33. The number of hydrogen-bond acceptors (Lipinski definition) is 6. The highest BCUT2D eigenvalue weighted by atomic mass is 32.2. The molecule has 2 atom stereocenters. The summed E-state index contributed by atoms with van der Waals surface area (Å²) in [5, 5.41) is -0.0545.